The van der Waals surface area contributed by atoms with E-state index in [1.54, 1.807) is 0 Å². The Bertz CT molecular complexity index is 1700. The topological polar surface area (TPSA) is 117 Å². The third-order valence-electron chi connectivity index (χ3n) is 6.79. The van der Waals surface area contributed by atoms with E-state index in [1.165, 1.54) is 0 Å². The van der Waals surface area contributed by atoms with Gasteiger partial charge in [-0.25, -0.2) is 4.98 Å². The summed E-state index contributed by atoms with van der Waals surface area (Å²) < 4.78 is 8.21. The minimum atomic E-state index is -0.833. The Morgan fingerprint density at radius 1 is 0.825 bits per heavy atom. The number of rotatable bonds is 4. The number of benzene rings is 2. The largest absolute Gasteiger partial charge is 0.481 e. The molecule has 5 aromatic rings. The van der Waals surface area contributed by atoms with E-state index < -0.39 is 5.97 Å². The number of aliphatic imine (C=N–C) groups is 2. The number of aliphatic carboxylic acids is 1. The highest BCUT2D eigenvalue weighted by Gasteiger charge is 2.14. The van der Waals surface area contributed by atoms with Crippen LogP contribution < -0.4 is 10.6 Å². The normalized spacial score (nSPS) is 14.9. The smallest absolute Gasteiger partial charge is 0.300 e. The molecule has 0 atom stereocenters. The number of nitrogens with zero attached hydrogens (tertiary/aromatic N) is 4. The van der Waals surface area contributed by atoms with E-state index in [0.29, 0.717) is 0 Å². The Labute approximate surface area is 231 Å². The summed E-state index contributed by atoms with van der Waals surface area (Å²) in [5.74, 6) is 1.79. The van der Waals surface area contributed by atoms with Crippen LogP contribution in [0.5, 0.6) is 0 Å². The zero-order valence-corrected chi connectivity index (χ0v) is 22.2. The van der Waals surface area contributed by atoms with Crippen molar-refractivity contribution in [2.45, 2.75) is 19.8 Å². The maximum absolute atomic E-state index is 9.00. The molecule has 2 aliphatic rings. The molecule has 3 aromatic heterocycles. The van der Waals surface area contributed by atoms with Gasteiger partial charge in [-0.15, -0.1) is 0 Å². The number of amidine groups is 2. The molecule has 0 saturated carbocycles. The minimum absolute atomic E-state index is 0.804. The Kier molecular flexibility index (Phi) is 7.01. The highest BCUT2D eigenvalue weighted by atomic mass is 16.4. The van der Waals surface area contributed by atoms with Gasteiger partial charge in [0.15, 0.2) is 11.6 Å². The van der Waals surface area contributed by atoms with Crippen LogP contribution in [0.4, 0.5) is 0 Å². The molecule has 0 radical (unpaired) electrons. The maximum atomic E-state index is 9.00. The molecule has 7 rings (SSSR count). The van der Waals surface area contributed by atoms with Crippen LogP contribution in [0.15, 0.2) is 87.5 Å². The highest BCUT2D eigenvalue weighted by molar-refractivity contribution is 6.00. The first-order valence-electron chi connectivity index (χ1n) is 13.4. The average Bonchev–Trinajstić information content (AvgIpc) is 3.62. The molecule has 202 valence electrons. The summed E-state index contributed by atoms with van der Waals surface area (Å²) in [6, 6.07) is 21.1. The minimum Gasteiger partial charge on any atom is -0.481 e. The van der Waals surface area contributed by atoms with Crippen molar-refractivity contribution in [1.29, 1.82) is 0 Å². The molecule has 3 N–H and O–H groups in total. The van der Waals surface area contributed by atoms with Gasteiger partial charge >= 0.3 is 0 Å². The van der Waals surface area contributed by atoms with Gasteiger partial charge < -0.3 is 24.6 Å². The zero-order chi connectivity index (χ0) is 27.5. The third-order valence-corrected chi connectivity index (χ3v) is 6.79. The SMILES string of the molecule is CC(=O)O.c1cc2nc(-c3ccc(-c4ccc5cc(C6=NCCCN6)oc5c4)cc3)cn2cc1C1=NCCCN1. The van der Waals surface area contributed by atoms with E-state index in [-0.39, 0.29) is 0 Å². The van der Waals surface area contributed by atoms with Gasteiger partial charge in [-0.05, 0) is 48.2 Å². The van der Waals surface area contributed by atoms with Crippen molar-refractivity contribution in [1.82, 2.24) is 20.0 Å². The van der Waals surface area contributed by atoms with Gasteiger partial charge in [0, 0.05) is 62.0 Å². The molecule has 0 bridgehead atoms. The van der Waals surface area contributed by atoms with Crippen molar-refractivity contribution in [3.05, 3.63) is 84.4 Å². The molecular weight excluding hydrogens is 504 g/mol. The first-order valence-corrected chi connectivity index (χ1v) is 13.4. The summed E-state index contributed by atoms with van der Waals surface area (Å²) in [5, 5.41) is 15.2. The summed E-state index contributed by atoms with van der Waals surface area (Å²) in [6.07, 6.45) is 6.32. The lowest BCUT2D eigenvalue weighted by molar-refractivity contribution is -0.134. The van der Waals surface area contributed by atoms with Crippen molar-refractivity contribution < 1.29 is 14.3 Å². The Morgan fingerprint density at radius 2 is 1.48 bits per heavy atom. The summed E-state index contributed by atoms with van der Waals surface area (Å²) >= 11 is 0. The molecule has 0 aliphatic carbocycles. The molecule has 0 fully saturated rings. The fraction of sp³-hybridized carbons (Fsp3) is 0.226. The van der Waals surface area contributed by atoms with Crippen molar-refractivity contribution >= 4 is 34.3 Å². The van der Waals surface area contributed by atoms with Crippen LogP contribution in [0, 0.1) is 0 Å². The standard InChI is InChI=1S/C29H26N6O.C2H4O2/c1-11-30-28(31-12-1)23-9-10-27-34-24(18-35(27)17-23)20-5-3-19(4-6-20)21-7-8-22-16-26(36-25(22)15-21)29-32-13-2-14-33-29;1-2(3)4/h3-10,15-18H,1-2,11-14H2,(H,30,31)(H,32,33);1H3,(H,3,4). The number of hydrogen-bond donors (Lipinski definition) is 3. The Balaban J connectivity index is 0.000000680. The molecule has 2 aromatic carbocycles. The quantitative estimate of drug-likeness (QED) is 0.299. The van der Waals surface area contributed by atoms with Crippen LogP contribution in [-0.4, -0.2) is 58.3 Å². The van der Waals surface area contributed by atoms with Gasteiger partial charge in [0.05, 0.1) is 5.69 Å². The monoisotopic (exact) mass is 534 g/mol. The Hall–Kier alpha value is -4.92. The van der Waals surface area contributed by atoms with Crippen molar-refractivity contribution in [2.75, 3.05) is 26.2 Å². The van der Waals surface area contributed by atoms with Crippen LogP contribution >= 0.6 is 0 Å². The van der Waals surface area contributed by atoms with E-state index in [9.17, 15) is 0 Å². The summed E-state index contributed by atoms with van der Waals surface area (Å²) in [7, 11) is 0. The molecular formula is C31H30N6O3. The number of fused-ring (bicyclic) bond motifs is 2. The van der Waals surface area contributed by atoms with Crippen LogP contribution in [0.3, 0.4) is 0 Å². The lowest BCUT2D eigenvalue weighted by Gasteiger charge is -2.14. The number of pyridine rings is 1. The van der Waals surface area contributed by atoms with E-state index in [4.69, 9.17) is 19.3 Å². The van der Waals surface area contributed by atoms with Gasteiger partial charge in [0.2, 0.25) is 0 Å². The molecule has 2 aliphatic heterocycles. The fourth-order valence-electron chi connectivity index (χ4n) is 4.86. The first kappa shape index (κ1) is 25.4. The third kappa shape index (κ3) is 5.44. The number of nitrogens with one attached hydrogen (secondary N) is 2. The summed E-state index contributed by atoms with van der Waals surface area (Å²) in [5.41, 5.74) is 7.17. The molecule has 40 heavy (non-hydrogen) atoms. The number of hydrogen-bond acceptors (Lipinski definition) is 7. The number of aromatic nitrogens is 2. The lowest BCUT2D eigenvalue weighted by atomic mass is 10.0. The van der Waals surface area contributed by atoms with Crippen molar-refractivity contribution in [3.63, 3.8) is 0 Å². The number of carboxylic acids is 1. The van der Waals surface area contributed by atoms with E-state index >= 15 is 0 Å². The van der Waals surface area contributed by atoms with Gasteiger partial charge in [-0.1, -0.05) is 36.4 Å². The molecule has 0 spiro atoms. The molecule has 9 nitrogen and oxygen atoms in total. The summed E-state index contributed by atoms with van der Waals surface area (Å²) in [6.45, 7) is 4.71. The molecule has 5 heterocycles. The average molecular weight is 535 g/mol. The van der Waals surface area contributed by atoms with E-state index in [1.807, 2.05) is 6.07 Å². The van der Waals surface area contributed by atoms with E-state index in [0.717, 1.165) is 108 Å². The lowest BCUT2D eigenvalue weighted by Crippen LogP contribution is -2.30. The predicted molar refractivity (Wildman–Crippen MR) is 157 cm³/mol. The number of furan rings is 1. The van der Waals surface area contributed by atoms with Crippen molar-refractivity contribution in [3.8, 4) is 22.4 Å². The van der Waals surface area contributed by atoms with Gasteiger partial charge in [0.1, 0.15) is 17.1 Å². The van der Waals surface area contributed by atoms with Gasteiger partial charge in [-0.3, -0.25) is 14.8 Å². The second-order valence-corrected chi connectivity index (χ2v) is 9.79. The second-order valence-electron chi connectivity index (χ2n) is 9.79. The number of imidazole rings is 1. The van der Waals surface area contributed by atoms with Crippen LogP contribution in [0.2, 0.25) is 0 Å². The van der Waals surface area contributed by atoms with Gasteiger partial charge in [0.25, 0.3) is 5.97 Å². The molecule has 0 amide bonds. The summed E-state index contributed by atoms with van der Waals surface area (Å²) in [4.78, 5) is 23.0. The van der Waals surface area contributed by atoms with Crippen LogP contribution in [-0.2, 0) is 4.79 Å². The fourth-order valence-corrected chi connectivity index (χ4v) is 4.86. The molecule has 9 heteroatoms. The molecule has 0 unspecified atom stereocenters. The van der Waals surface area contributed by atoms with E-state index in [2.05, 4.69) is 92.0 Å². The second kappa shape index (κ2) is 11.1. The first-order chi connectivity index (χ1) is 19.5. The van der Waals surface area contributed by atoms with Crippen LogP contribution in [0.25, 0.3) is 39.0 Å². The maximum Gasteiger partial charge on any atom is 0.300 e. The van der Waals surface area contributed by atoms with Crippen LogP contribution in [0.1, 0.15) is 31.1 Å². The van der Waals surface area contributed by atoms with Gasteiger partial charge in [-0.2, -0.15) is 0 Å². The predicted octanol–water partition coefficient (Wildman–Crippen LogP) is 4.99. The molecule has 0 saturated heterocycles. The Morgan fingerprint density at radius 3 is 2.17 bits per heavy atom. The zero-order valence-electron chi connectivity index (χ0n) is 22.2. The number of carboxylic acid groups (broad SMARTS) is 1. The highest BCUT2D eigenvalue weighted by Crippen LogP contribution is 2.29. The number of carbonyl (C=O) groups is 1. The van der Waals surface area contributed by atoms with Crippen molar-refractivity contribution in [2.24, 2.45) is 9.98 Å².